The normalized spacial score (nSPS) is 17.8. The van der Waals surface area contributed by atoms with E-state index >= 15 is 0 Å². The number of hydrogen-bond donors (Lipinski definition) is 2. The zero-order valence-electron chi connectivity index (χ0n) is 18.7. The summed E-state index contributed by atoms with van der Waals surface area (Å²) in [7, 11) is 0. The van der Waals surface area contributed by atoms with Crippen LogP contribution in [0.3, 0.4) is 0 Å². The fraction of sp³-hybridized carbons (Fsp3) is 0.250. The summed E-state index contributed by atoms with van der Waals surface area (Å²) in [5.74, 6) is 1.97. The molecule has 180 valence electrons. The zero-order chi connectivity index (χ0) is 24.0. The molecule has 9 nitrogen and oxygen atoms in total. The summed E-state index contributed by atoms with van der Waals surface area (Å²) >= 11 is 12.4. The minimum Gasteiger partial charge on any atom is -0.484 e. The molecule has 0 amide bonds. The number of ether oxygens (including phenoxy) is 2. The van der Waals surface area contributed by atoms with E-state index in [-0.39, 0.29) is 6.10 Å². The van der Waals surface area contributed by atoms with E-state index in [1.165, 1.54) is 0 Å². The quantitative estimate of drug-likeness (QED) is 0.338. The number of anilines is 4. The van der Waals surface area contributed by atoms with Gasteiger partial charge in [-0.05, 0) is 30.3 Å². The van der Waals surface area contributed by atoms with Crippen molar-refractivity contribution in [1.29, 1.82) is 0 Å². The van der Waals surface area contributed by atoms with Crippen molar-refractivity contribution in [3.05, 3.63) is 70.2 Å². The molecular formula is C24H23Cl2N7O2. The van der Waals surface area contributed by atoms with Crippen LogP contribution in [-0.2, 0) is 9.47 Å². The van der Waals surface area contributed by atoms with E-state index < -0.39 is 0 Å². The molecule has 1 fully saturated rings. The smallest absolute Gasteiger partial charge is 0.250 e. The molecule has 1 atom stereocenters. The number of nitrogens with zero attached hydrogens (tertiary/aromatic N) is 5. The van der Waals surface area contributed by atoms with E-state index in [0.29, 0.717) is 66.4 Å². The molecule has 0 bridgehead atoms. The first-order chi connectivity index (χ1) is 17.2. The number of hydrogen-bond acceptors (Lipinski definition) is 9. The number of morpholine rings is 1. The van der Waals surface area contributed by atoms with E-state index in [1.54, 1.807) is 12.3 Å². The molecule has 2 aromatic carbocycles. The zero-order valence-corrected chi connectivity index (χ0v) is 20.2. The van der Waals surface area contributed by atoms with Crippen LogP contribution in [0.4, 0.5) is 23.5 Å². The molecule has 3 aromatic rings. The highest BCUT2D eigenvalue weighted by molar-refractivity contribution is 6.43. The van der Waals surface area contributed by atoms with E-state index in [9.17, 15) is 0 Å². The maximum atomic E-state index is 6.32. The Bertz CT molecular complexity index is 1230. The molecule has 0 spiro atoms. The number of rotatable bonds is 7. The minimum atomic E-state index is -0.255. The SMILES string of the molecule is Clc1cccc(C2=CCC(/C=N/Nc3nc(Nc4ccccc4)nc(N4CCOCC4)n3)O2)c1Cl. The average Bonchev–Trinajstić information content (AvgIpc) is 3.35. The van der Waals surface area contributed by atoms with Crippen LogP contribution in [0.5, 0.6) is 0 Å². The summed E-state index contributed by atoms with van der Waals surface area (Å²) in [6.45, 7) is 2.65. The van der Waals surface area contributed by atoms with Crippen molar-refractivity contribution in [2.45, 2.75) is 12.5 Å². The topological polar surface area (TPSA) is 96.8 Å². The maximum absolute atomic E-state index is 6.32. The van der Waals surface area contributed by atoms with Gasteiger partial charge < -0.3 is 19.7 Å². The molecule has 2 aliphatic heterocycles. The Kier molecular flexibility index (Phi) is 7.27. The van der Waals surface area contributed by atoms with Crippen molar-refractivity contribution in [1.82, 2.24) is 15.0 Å². The third kappa shape index (κ3) is 5.82. The third-order valence-electron chi connectivity index (χ3n) is 5.38. The lowest BCUT2D eigenvalue weighted by atomic mass is 10.2. The first-order valence-corrected chi connectivity index (χ1v) is 11.9. The van der Waals surface area contributed by atoms with E-state index in [0.717, 1.165) is 11.3 Å². The summed E-state index contributed by atoms with van der Waals surface area (Å²) in [5.41, 5.74) is 4.54. The summed E-state index contributed by atoms with van der Waals surface area (Å²) in [5, 5.41) is 8.48. The fourth-order valence-corrected chi connectivity index (χ4v) is 4.04. The van der Waals surface area contributed by atoms with Crippen molar-refractivity contribution in [3.63, 3.8) is 0 Å². The highest BCUT2D eigenvalue weighted by Gasteiger charge is 2.21. The van der Waals surface area contributed by atoms with Crippen LogP contribution < -0.4 is 15.6 Å². The Morgan fingerprint density at radius 1 is 0.971 bits per heavy atom. The Morgan fingerprint density at radius 3 is 2.60 bits per heavy atom. The van der Waals surface area contributed by atoms with Crippen LogP contribution in [0.15, 0.2) is 59.7 Å². The number of nitrogens with one attached hydrogen (secondary N) is 2. The molecular weight excluding hydrogens is 489 g/mol. The second-order valence-electron chi connectivity index (χ2n) is 7.82. The highest BCUT2D eigenvalue weighted by Crippen LogP contribution is 2.34. The predicted molar refractivity (Wildman–Crippen MR) is 139 cm³/mol. The molecule has 1 unspecified atom stereocenters. The number of para-hydroxylation sites is 1. The van der Waals surface area contributed by atoms with Crippen molar-refractivity contribution < 1.29 is 9.47 Å². The predicted octanol–water partition coefficient (Wildman–Crippen LogP) is 4.99. The highest BCUT2D eigenvalue weighted by atomic mass is 35.5. The summed E-state index contributed by atoms with van der Waals surface area (Å²) in [4.78, 5) is 15.7. The van der Waals surface area contributed by atoms with Gasteiger partial charge in [-0.15, -0.1) is 0 Å². The first-order valence-electron chi connectivity index (χ1n) is 11.2. The molecule has 1 aromatic heterocycles. The van der Waals surface area contributed by atoms with Gasteiger partial charge in [-0.25, -0.2) is 5.43 Å². The van der Waals surface area contributed by atoms with Crippen LogP contribution in [0.25, 0.3) is 5.76 Å². The van der Waals surface area contributed by atoms with E-state index in [4.69, 9.17) is 32.7 Å². The van der Waals surface area contributed by atoms with Crippen LogP contribution in [0, 0.1) is 0 Å². The molecule has 1 saturated heterocycles. The van der Waals surface area contributed by atoms with Crippen LogP contribution in [0.2, 0.25) is 10.0 Å². The number of benzene rings is 2. The van der Waals surface area contributed by atoms with Gasteiger partial charge in [0, 0.05) is 30.8 Å². The Labute approximate surface area is 212 Å². The van der Waals surface area contributed by atoms with Gasteiger partial charge in [0.2, 0.25) is 17.8 Å². The van der Waals surface area contributed by atoms with Crippen molar-refractivity contribution >= 4 is 58.7 Å². The summed E-state index contributed by atoms with van der Waals surface area (Å²) in [6.07, 6.45) is 4.04. The molecule has 0 radical (unpaired) electrons. The monoisotopic (exact) mass is 511 g/mol. The van der Waals surface area contributed by atoms with Gasteiger partial charge in [0.25, 0.3) is 0 Å². The molecule has 0 saturated carbocycles. The number of aromatic nitrogens is 3. The molecule has 5 rings (SSSR count). The van der Waals surface area contributed by atoms with Crippen molar-refractivity contribution in [3.8, 4) is 0 Å². The van der Waals surface area contributed by atoms with E-state index in [1.807, 2.05) is 48.5 Å². The first kappa shape index (κ1) is 23.3. The van der Waals surface area contributed by atoms with Crippen LogP contribution in [0.1, 0.15) is 12.0 Å². The second kappa shape index (κ2) is 10.9. The molecule has 11 heteroatoms. The summed E-state index contributed by atoms with van der Waals surface area (Å²) < 4.78 is 11.4. The van der Waals surface area contributed by atoms with Gasteiger partial charge in [0.05, 0.1) is 29.5 Å². The Hall–Kier alpha value is -3.40. The van der Waals surface area contributed by atoms with Crippen LogP contribution in [-0.4, -0.2) is 53.6 Å². The lowest BCUT2D eigenvalue weighted by molar-refractivity contribution is 0.122. The van der Waals surface area contributed by atoms with Gasteiger partial charge in [-0.1, -0.05) is 47.5 Å². The molecule has 3 heterocycles. The van der Waals surface area contributed by atoms with Gasteiger partial charge in [-0.2, -0.15) is 20.1 Å². The molecule has 0 aliphatic carbocycles. The van der Waals surface area contributed by atoms with Crippen molar-refractivity contribution in [2.75, 3.05) is 41.9 Å². The maximum Gasteiger partial charge on any atom is 0.250 e. The third-order valence-corrected chi connectivity index (χ3v) is 6.20. The lowest BCUT2D eigenvalue weighted by Gasteiger charge is -2.27. The molecule has 35 heavy (non-hydrogen) atoms. The number of halogens is 2. The van der Waals surface area contributed by atoms with Gasteiger partial charge in [0.1, 0.15) is 11.9 Å². The van der Waals surface area contributed by atoms with Gasteiger partial charge in [-0.3, -0.25) is 0 Å². The largest absolute Gasteiger partial charge is 0.484 e. The Balaban J connectivity index is 1.28. The van der Waals surface area contributed by atoms with Crippen LogP contribution >= 0.6 is 23.2 Å². The van der Waals surface area contributed by atoms with Gasteiger partial charge >= 0.3 is 0 Å². The fourth-order valence-electron chi connectivity index (χ4n) is 3.65. The van der Waals surface area contributed by atoms with E-state index in [2.05, 4.69) is 35.7 Å². The minimum absolute atomic E-state index is 0.255. The number of hydrazone groups is 1. The summed E-state index contributed by atoms with van der Waals surface area (Å²) in [6, 6.07) is 15.2. The second-order valence-corrected chi connectivity index (χ2v) is 8.61. The van der Waals surface area contributed by atoms with Gasteiger partial charge in [0.15, 0.2) is 0 Å². The average molecular weight is 512 g/mol. The van der Waals surface area contributed by atoms with Crippen molar-refractivity contribution in [2.24, 2.45) is 5.10 Å². The Morgan fingerprint density at radius 2 is 1.77 bits per heavy atom. The molecule has 2 aliphatic rings. The standard InChI is InChI=1S/C24H23Cl2N7O2/c25-19-8-4-7-18(21(19)26)20-10-9-17(35-20)15-27-32-23-29-22(28-16-5-2-1-3-6-16)30-24(31-23)33-11-13-34-14-12-33/h1-8,10,15,17H,9,11-14H2,(H2,28,29,30,31,32)/b27-15+. The molecule has 2 N–H and O–H groups in total. The lowest BCUT2D eigenvalue weighted by Crippen LogP contribution is -2.37.